The van der Waals surface area contributed by atoms with Gasteiger partial charge < -0.3 is 16.3 Å². The van der Waals surface area contributed by atoms with E-state index in [1.54, 1.807) is 6.07 Å². The van der Waals surface area contributed by atoms with Gasteiger partial charge in [-0.3, -0.25) is 0 Å². The number of anilines is 2. The molecule has 4 nitrogen and oxygen atoms in total. The molecule has 0 unspecified atom stereocenters. The van der Waals surface area contributed by atoms with Crippen LogP contribution in [0.15, 0.2) is 24.3 Å². The highest BCUT2D eigenvalue weighted by molar-refractivity contribution is 5.94. The van der Waals surface area contributed by atoms with E-state index in [4.69, 9.17) is 5.73 Å². The fraction of sp³-hybridized carbons (Fsp3) is 0.111. The molecule has 0 spiro atoms. The van der Waals surface area contributed by atoms with Crippen molar-refractivity contribution >= 4 is 22.4 Å². The molecule has 0 bridgehead atoms. The highest BCUT2D eigenvalue weighted by Crippen LogP contribution is 2.26. The molecule has 68 valence electrons. The van der Waals surface area contributed by atoms with Crippen molar-refractivity contribution in [2.24, 2.45) is 0 Å². The van der Waals surface area contributed by atoms with Crippen LogP contribution in [0.3, 0.4) is 0 Å². The third-order valence-corrected chi connectivity index (χ3v) is 2.12. The van der Waals surface area contributed by atoms with Crippen LogP contribution in [0.25, 0.3) is 10.9 Å². The van der Waals surface area contributed by atoms with Crippen LogP contribution in [0.4, 0.5) is 11.5 Å². The van der Waals surface area contributed by atoms with Gasteiger partial charge in [0.2, 0.25) is 0 Å². The first-order valence-corrected chi connectivity index (χ1v) is 4.01. The van der Waals surface area contributed by atoms with Crippen molar-refractivity contribution in [3.8, 4) is 0 Å². The number of benzene rings is 1. The van der Waals surface area contributed by atoms with Gasteiger partial charge in [0.25, 0.3) is 0 Å². The van der Waals surface area contributed by atoms with E-state index in [0.717, 1.165) is 15.8 Å². The summed E-state index contributed by atoms with van der Waals surface area (Å²) in [5.74, 6) is 0.345. The first-order valence-electron chi connectivity index (χ1n) is 4.01. The molecule has 1 heterocycles. The lowest BCUT2D eigenvalue weighted by Gasteiger charge is -2.01. The first-order chi connectivity index (χ1) is 6.24. The number of nitrogens with two attached hydrogens (primary N) is 1. The van der Waals surface area contributed by atoms with Crippen LogP contribution >= 0.6 is 0 Å². The number of hydrogen-bond acceptors (Lipinski definition) is 3. The van der Waals surface area contributed by atoms with Crippen molar-refractivity contribution < 1.29 is 5.21 Å². The molecule has 13 heavy (non-hydrogen) atoms. The van der Waals surface area contributed by atoms with Gasteiger partial charge in [0.15, 0.2) is 0 Å². The van der Waals surface area contributed by atoms with E-state index in [1.807, 2.05) is 25.2 Å². The van der Waals surface area contributed by atoms with Crippen LogP contribution < -0.4 is 11.1 Å². The summed E-state index contributed by atoms with van der Waals surface area (Å²) in [5.41, 5.74) is 7.23. The third-order valence-electron chi connectivity index (χ3n) is 2.12. The van der Waals surface area contributed by atoms with Crippen molar-refractivity contribution in [1.82, 2.24) is 4.73 Å². The zero-order valence-corrected chi connectivity index (χ0v) is 7.28. The second kappa shape index (κ2) is 2.58. The first kappa shape index (κ1) is 7.79. The van der Waals surface area contributed by atoms with Crippen LogP contribution in [0.5, 0.6) is 0 Å². The van der Waals surface area contributed by atoms with Crippen LogP contribution in [-0.2, 0) is 0 Å². The summed E-state index contributed by atoms with van der Waals surface area (Å²) in [6.45, 7) is 0. The van der Waals surface area contributed by atoms with E-state index < -0.39 is 0 Å². The lowest BCUT2D eigenvalue weighted by atomic mass is 10.2. The number of nitrogen functional groups attached to an aromatic ring is 1. The Morgan fingerprint density at radius 3 is 2.92 bits per heavy atom. The average Bonchev–Trinajstić information content (AvgIpc) is 2.43. The summed E-state index contributed by atoms with van der Waals surface area (Å²) >= 11 is 0. The Hall–Kier alpha value is -1.84. The highest BCUT2D eigenvalue weighted by atomic mass is 16.5. The van der Waals surface area contributed by atoms with Gasteiger partial charge in [-0.25, -0.2) is 0 Å². The molecule has 4 N–H and O–H groups in total. The zero-order valence-electron chi connectivity index (χ0n) is 7.28. The largest absolute Gasteiger partial charge is 0.426 e. The van der Waals surface area contributed by atoms with Crippen LogP contribution in [0.2, 0.25) is 0 Å². The maximum atomic E-state index is 9.48. The smallest absolute Gasteiger partial charge is 0.140 e. The number of nitrogens with zero attached hydrogens (tertiary/aromatic N) is 1. The molecule has 0 radical (unpaired) electrons. The minimum Gasteiger partial charge on any atom is -0.426 e. The Bertz CT molecular complexity index is 447. The topological polar surface area (TPSA) is 63.2 Å². The minimum atomic E-state index is 0.345. The minimum absolute atomic E-state index is 0.345. The van der Waals surface area contributed by atoms with Gasteiger partial charge in [-0.2, -0.15) is 4.73 Å². The number of aromatic nitrogens is 1. The Morgan fingerprint density at radius 1 is 1.46 bits per heavy atom. The van der Waals surface area contributed by atoms with Crippen molar-refractivity contribution in [2.75, 3.05) is 18.1 Å². The maximum absolute atomic E-state index is 9.48. The Kier molecular flexibility index (Phi) is 1.55. The summed E-state index contributed by atoms with van der Waals surface area (Å²) in [6.07, 6.45) is 0. The SMILES string of the molecule is CNc1cccc2c1cc(N)n2O. The molecule has 4 heteroatoms. The molecule has 0 fully saturated rings. The number of rotatable bonds is 1. The quantitative estimate of drug-likeness (QED) is 0.578. The molecule has 2 aromatic rings. The molecule has 0 aliphatic heterocycles. The fourth-order valence-corrected chi connectivity index (χ4v) is 1.46. The van der Waals surface area contributed by atoms with E-state index in [-0.39, 0.29) is 0 Å². The van der Waals surface area contributed by atoms with E-state index >= 15 is 0 Å². The van der Waals surface area contributed by atoms with Crippen molar-refractivity contribution in [1.29, 1.82) is 0 Å². The standard InChI is InChI=1S/C9H11N3O/c1-11-7-3-2-4-8-6(7)5-9(10)12(8)13/h2-5,11,13H,10H2,1H3. The summed E-state index contributed by atoms with van der Waals surface area (Å²) in [4.78, 5) is 0. The van der Waals surface area contributed by atoms with Gasteiger partial charge in [0, 0.05) is 18.1 Å². The highest BCUT2D eigenvalue weighted by Gasteiger charge is 2.06. The lowest BCUT2D eigenvalue weighted by Crippen LogP contribution is -1.96. The third kappa shape index (κ3) is 0.989. The summed E-state index contributed by atoms with van der Waals surface area (Å²) in [5, 5.41) is 13.4. The second-order valence-corrected chi connectivity index (χ2v) is 2.87. The molecule has 0 saturated carbocycles. The zero-order chi connectivity index (χ0) is 9.42. The van der Waals surface area contributed by atoms with Gasteiger partial charge >= 0.3 is 0 Å². The Morgan fingerprint density at radius 2 is 2.23 bits per heavy atom. The average molecular weight is 177 g/mol. The second-order valence-electron chi connectivity index (χ2n) is 2.87. The monoisotopic (exact) mass is 177 g/mol. The van der Waals surface area contributed by atoms with Crippen molar-refractivity contribution in [3.05, 3.63) is 24.3 Å². The number of hydrogen-bond donors (Lipinski definition) is 3. The van der Waals surface area contributed by atoms with Crippen LogP contribution in [0.1, 0.15) is 0 Å². The molecule has 0 aliphatic rings. The fourth-order valence-electron chi connectivity index (χ4n) is 1.46. The van der Waals surface area contributed by atoms with Gasteiger partial charge in [0.05, 0.1) is 5.52 Å². The van der Waals surface area contributed by atoms with E-state index in [2.05, 4.69) is 5.32 Å². The van der Waals surface area contributed by atoms with E-state index in [0.29, 0.717) is 11.3 Å². The molecule has 0 amide bonds. The molecule has 2 rings (SSSR count). The molecular weight excluding hydrogens is 166 g/mol. The molecule has 1 aromatic heterocycles. The molecule has 0 atom stereocenters. The van der Waals surface area contributed by atoms with Gasteiger partial charge in [-0.05, 0) is 18.2 Å². The van der Waals surface area contributed by atoms with E-state index in [9.17, 15) is 5.21 Å². The van der Waals surface area contributed by atoms with Crippen LogP contribution in [0, 0.1) is 0 Å². The van der Waals surface area contributed by atoms with E-state index in [1.165, 1.54) is 0 Å². The molecule has 0 saturated heterocycles. The van der Waals surface area contributed by atoms with Gasteiger partial charge in [0.1, 0.15) is 5.82 Å². The molecular formula is C9H11N3O. The maximum Gasteiger partial charge on any atom is 0.140 e. The predicted octanol–water partition coefficient (Wildman–Crippen LogP) is 1.50. The Balaban J connectivity index is 2.84. The molecule has 1 aromatic carbocycles. The van der Waals surface area contributed by atoms with Crippen molar-refractivity contribution in [3.63, 3.8) is 0 Å². The number of nitrogens with one attached hydrogen (secondary N) is 1. The van der Waals surface area contributed by atoms with Crippen molar-refractivity contribution in [2.45, 2.75) is 0 Å². The number of fused-ring (bicyclic) bond motifs is 1. The summed E-state index contributed by atoms with van der Waals surface area (Å²) < 4.78 is 0.982. The Labute approximate surface area is 75.5 Å². The van der Waals surface area contributed by atoms with Gasteiger partial charge in [-0.15, -0.1) is 0 Å². The predicted molar refractivity (Wildman–Crippen MR) is 53.1 cm³/mol. The summed E-state index contributed by atoms with van der Waals surface area (Å²) in [6, 6.07) is 7.34. The van der Waals surface area contributed by atoms with Crippen LogP contribution in [-0.4, -0.2) is 17.0 Å². The molecule has 0 aliphatic carbocycles. The normalized spacial score (nSPS) is 10.5. The lowest BCUT2D eigenvalue weighted by molar-refractivity contribution is 0.206. The van der Waals surface area contributed by atoms with Gasteiger partial charge in [-0.1, -0.05) is 6.07 Å². The summed E-state index contributed by atoms with van der Waals surface area (Å²) in [7, 11) is 1.83.